The SMILES string of the molecule is C.C.C.Nc1ccn([C@@H]2O[C@H](COP(=O)(O)O)[C@@H](O)[C@H]2O)c(=O)n1.O=c1[nH]cnc2c1ncn2[C@@H]1O[C@H](COP(=O)(O)O)[C@@H](O)[C@H]1O.[Na]. The molecule has 0 bridgehead atoms. The van der Waals surface area contributed by atoms with Gasteiger partial charge in [0, 0.05) is 35.8 Å². The van der Waals surface area contributed by atoms with Crippen LogP contribution in [0.5, 0.6) is 0 Å². The van der Waals surface area contributed by atoms with Gasteiger partial charge >= 0.3 is 21.3 Å². The second-order valence-electron chi connectivity index (χ2n) is 9.26. The van der Waals surface area contributed by atoms with Gasteiger partial charge in [0.15, 0.2) is 23.6 Å². The zero-order valence-corrected chi connectivity index (χ0v) is 26.7. The third-order valence-electron chi connectivity index (χ3n) is 6.25. The molecule has 5 heterocycles. The number of phosphoric acid groups is 2. The van der Waals surface area contributed by atoms with Crippen molar-refractivity contribution < 1.29 is 67.7 Å². The number of anilines is 1. The van der Waals surface area contributed by atoms with Gasteiger partial charge in [0.25, 0.3) is 5.56 Å². The van der Waals surface area contributed by atoms with E-state index in [4.69, 9.17) is 34.8 Å². The van der Waals surface area contributed by atoms with E-state index in [0.29, 0.717) is 0 Å². The molecule has 8 atom stereocenters. The zero-order chi connectivity index (χ0) is 32.6. The average molecular weight is 743 g/mol. The van der Waals surface area contributed by atoms with E-state index in [-0.39, 0.29) is 68.8 Å². The number of nitrogens with one attached hydrogen (secondary N) is 1. The molecular weight excluding hydrogens is 703 g/mol. The Morgan fingerprint density at radius 2 is 1.31 bits per heavy atom. The first-order chi connectivity index (χ1) is 20.5. The number of nitrogen functional groups attached to an aromatic ring is 1. The minimum Gasteiger partial charge on any atom is -0.387 e. The van der Waals surface area contributed by atoms with Crippen molar-refractivity contribution in [2.45, 2.75) is 71.4 Å². The fourth-order valence-electron chi connectivity index (χ4n) is 4.20. The van der Waals surface area contributed by atoms with E-state index in [1.807, 2.05) is 0 Å². The molecule has 1 radical (unpaired) electrons. The molecular formula is C22H39N7NaO16P2. The molecule has 0 aromatic carbocycles. The number of nitrogens with two attached hydrogens (primary N) is 1. The summed E-state index contributed by atoms with van der Waals surface area (Å²) in [5.41, 5.74) is 4.19. The fraction of sp³-hybridized carbons (Fsp3) is 0.591. The van der Waals surface area contributed by atoms with E-state index in [0.717, 1.165) is 10.9 Å². The fourth-order valence-corrected chi connectivity index (χ4v) is 4.89. The predicted octanol–water partition coefficient (Wildman–Crippen LogP) is -3.07. The number of hydrogen-bond acceptors (Lipinski definition) is 16. The molecule has 0 spiro atoms. The summed E-state index contributed by atoms with van der Waals surface area (Å²) in [5, 5.41) is 39.6. The normalized spacial score (nSPS) is 26.7. The van der Waals surface area contributed by atoms with Crippen LogP contribution < -0.4 is 17.0 Å². The Kier molecular flexibility index (Phi) is 17.5. The molecule has 3 aromatic heterocycles. The number of phosphoric ester groups is 2. The van der Waals surface area contributed by atoms with Crippen LogP contribution in [0.2, 0.25) is 0 Å². The molecule has 5 rings (SSSR count). The van der Waals surface area contributed by atoms with Gasteiger partial charge in [-0.15, -0.1) is 0 Å². The number of rotatable bonds is 8. The molecule has 269 valence electrons. The van der Waals surface area contributed by atoms with E-state index in [1.165, 1.54) is 23.2 Å². The summed E-state index contributed by atoms with van der Waals surface area (Å²) in [7, 11) is -9.48. The second-order valence-corrected chi connectivity index (χ2v) is 11.7. The van der Waals surface area contributed by atoms with Crippen LogP contribution in [-0.4, -0.2) is 148 Å². The van der Waals surface area contributed by atoms with E-state index in [9.17, 15) is 39.1 Å². The first-order valence-corrected chi connectivity index (χ1v) is 15.2. The van der Waals surface area contributed by atoms with Crippen LogP contribution in [0.15, 0.2) is 34.5 Å². The van der Waals surface area contributed by atoms with Crippen LogP contribution in [0, 0.1) is 0 Å². The quantitative estimate of drug-likeness (QED) is 0.0808. The Balaban J connectivity index is 0.000000853. The number of hydrogen-bond donors (Lipinski definition) is 10. The van der Waals surface area contributed by atoms with Gasteiger partial charge in [-0.3, -0.25) is 23.0 Å². The molecule has 2 saturated heterocycles. The van der Waals surface area contributed by atoms with Gasteiger partial charge in [-0.2, -0.15) is 4.98 Å². The van der Waals surface area contributed by atoms with Gasteiger partial charge in [0.05, 0.1) is 25.9 Å². The third-order valence-corrected chi connectivity index (χ3v) is 7.22. The van der Waals surface area contributed by atoms with Gasteiger partial charge in [-0.25, -0.2) is 23.9 Å². The number of aliphatic hydroxyl groups excluding tert-OH is 4. The van der Waals surface area contributed by atoms with Gasteiger partial charge in [0.2, 0.25) is 0 Å². The maximum atomic E-state index is 11.6. The summed E-state index contributed by atoms with van der Waals surface area (Å²) >= 11 is 0. The topological polar surface area (TPSA) is 357 Å². The number of nitrogens with zero attached hydrogens (tertiary/aromatic N) is 5. The number of imidazole rings is 1. The molecule has 0 saturated carbocycles. The number of aromatic nitrogens is 6. The van der Waals surface area contributed by atoms with Crippen molar-refractivity contribution >= 4 is 62.2 Å². The molecule has 2 aliphatic heterocycles. The van der Waals surface area contributed by atoms with Gasteiger partial charge < -0.3 is 60.2 Å². The smallest absolute Gasteiger partial charge is 0.387 e. The first-order valence-electron chi connectivity index (χ1n) is 12.1. The van der Waals surface area contributed by atoms with Crippen LogP contribution in [0.25, 0.3) is 11.2 Å². The minimum atomic E-state index is -4.74. The van der Waals surface area contributed by atoms with Crippen molar-refractivity contribution in [3.05, 3.63) is 45.8 Å². The summed E-state index contributed by atoms with van der Waals surface area (Å²) in [6, 6.07) is 1.29. The van der Waals surface area contributed by atoms with Crippen molar-refractivity contribution in [3.8, 4) is 0 Å². The first kappa shape index (κ1) is 46.0. The van der Waals surface area contributed by atoms with Crippen molar-refractivity contribution in [3.63, 3.8) is 0 Å². The van der Waals surface area contributed by atoms with Crippen molar-refractivity contribution in [2.75, 3.05) is 18.9 Å². The second kappa shape index (κ2) is 18.3. The summed E-state index contributed by atoms with van der Waals surface area (Å²) < 4.78 is 42.5. The molecule has 0 unspecified atom stereocenters. The Morgan fingerprint density at radius 1 is 0.833 bits per heavy atom. The van der Waals surface area contributed by atoms with Crippen molar-refractivity contribution in [1.82, 2.24) is 29.1 Å². The average Bonchev–Trinajstić information content (AvgIpc) is 3.57. The summed E-state index contributed by atoms with van der Waals surface area (Å²) in [6.45, 7) is -1.28. The Bertz CT molecular complexity index is 1680. The molecule has 23 nitrogen and oxygen atoms in total. The van der Waals surface area contributed by atoms with Crippen molar-refractivity contribution in [2.24, 2.45) is 0 Å². The number of aromatic amines is 1. The molecule has 48 heavy (non-hydrogen) atoms. The van der Waals surface area contributed by atoms with Crippen LogP contribution in [0.1, 0.15) is 34.7 Å². The maximum absolute atomic E-state index is 11.6. The third kappa shape index (κ3) is 11.0. The molecule has 0 amide bonds. The minimum absolute atomic E-state index is 0. The van der Waals surface area contributed by atoms with Crippen LogP contribution in [0.4, 0.5) is 5.82 Å². The number of aliphatic hydroxyl groups is 4. The van der Waals surface area contributed by atoms with E-state index in [2.05, 4.69) is 29.0 Å². The Hall–Kier alpha value is -1.99. The van der Waals surface area contributed by atoms with Crippen LogP contribution in [-0.2, 0) is 27.7 Å². The van der Waals surface area contributed by atoms with Gasteiger partial charge in [0.1, 0.15) is 42.4 Å². The Labute approximate surface area is 294 Å². The molecule has 2 aliphatic rings. The molecule has 2 fully saturated rings. The molecule has 26 heteroatoms. The van der Waals surface area contributed by atoms with E-state index >= 15 is 0 Å². The van der Waals surface area contributed by atoms with E-state index < -0.39 is 89.2 Å². The number of fused-ring (bicyclic) bond motifs is 1. The van der Waals surface area contributed by atoms with Crippen LogP contribution >= 0.6 is 15.6 Å². The molecule has 11 N–H and O–H groups in total. The maximum Gasteiger partial charge on any atom is 0.469 e. The standard InChI is InChI=1S/C10H13N4O8P.C9H14N3O8P.3CH4.Na/c15-6-4(1-21-23(18,19)20)22-10(7(6)16)14-3-13-5-8(14)11-2-12-9(5)17;10-5-1-2-12(9(15)11-5)8-7(14)6(13)4(20-8)3-19-21(16,17)18;;;;/h2-4,6-7,10,15-16H,1H2,(H,11,12,17)(H2,18,19,20);1-2,4,6-8,13-14H,3H2,(H2,10,11,15)(H2,16,17,18);3*1H4;/t4-,6-,7-,10-;4-,6-,7-,8-;;;;/m11..../s1. The zero-order valence-electron chi connectivity index (χ0n) is 22.9. The monoisotopic (exact) mass is 742 g/mol. The summed E-state index contributed by atoms with van der Waals surface area (Å²) in [5.74, 6) is -0.0225. The van der Waals surface area contributed by atoms with E-state index in [1.54, 1.807) is 0 Å². The summed E-state index contributed by atoms with van der Waals surface area (Å²) in [4.78, 5) is 71.4. The largest absolute Gasteiger partial charge is 0.469 e. The Morgan fingerprint density at radius 3 is 1.77 bits per heavy atom. The number of ether oxygens (including phenoxy) is 2. The van der Waals surface area contributed by atoms with Crippen molar-refractivity contribution in [1.29, 1.82) is 0 Å². The van der Waals surface area contributed by atoms with Gasteiger partial charge in [-0.1, -0.05) is 22.3 Å². The van der Waals surface area contributed by atoms with Crippen LogP contribution in [0.3, 0.4) is 0 Å². The molecule has 3 aromatic rings. The van der Waals surface area contributed by atoms with Gasteiger partial charge in [-0.05, 0) is 6.07 Å². The number of H-pyrrole nitrogens is 1. The summed E-state index contributed by atoms with van der Waals surface area (Å²) in [6.07, 6.45) is -7.12. The molecule has 0 aliphatic carbocycles. The predicted molar refractivity (Wildman–Crippen MR) is 165 cm³/mol.